The van der Waals surface area contributed by atoms with Gasteiger partial charge in [0.2, 0.25) is 11.8 Å². The number of halogens is 4. The fourth-order valence-corrected chi connectivity index (χ4v) is 6.69. The molecule has 12 heteroatoms. The van der Waals surface area contributed by atoms with E-state index < -0.39 is 34.4 Å². The number of anilines is 1. The van der Waals surface area contributed by atoms with Crippen LogP contribution >= 0.6 is 46.4 Å². The number of benzene rings is 4. The second kappa shape index (κ2) is 14.5. The molecule has 0 aromatic heterocycles. The molecule has 0 saturated heterocycles. The topological polar surface area (TPSA) is 86.8 Å². The van der Waals surface area contributed by atoms with Crippen LogP contribution in [0, 0.1) is 0 Å². The normalized spacial score (nSPS) is 11.9. The fraction of sp³-hybridized carbons (Fsp3) is 0.161. The number of carbonyl (C=O) groups is 2. The lowest BCUT2D eigenvalue weighted by molar-refractivity contribution is -0.139. The molecule has 1 atom stereocenters. The summed E-state index contributed by atoms with van der Waals surface area (Å²) in [6.45, 7) is -0.746. The highest BCUT2D eigenvalue weighted by Gasteiger charge is 2.35. The van der Waals surface area contributed by atoms with Gasteiger partial charge in [-0.3, -0.25) is 13.9 Å². The summed E-state index contributed by atoms with van der Waals surface area (Å²) in [7, 11) is -2.84. The van der Waals surface area contributed by atoms with Gasteiger partial charge >= 0.3 is 0 Å². The molecule has 0 radical (unpaired) electrons. The highest BCUT2D eigenvalue weighted by molar-refractivity contribution is 7.92. The van der Waals surface area contributed by atoms with Crippen LogP contribution in [0.15, 0.2) is 102 Å². The van der Waals surface area contributed by atoms with E-state index >= 15 is 0 Å². The van der Waals surface area contributed by atoms with Gasteiger partial charge in [-0.05, 0) is 47.5 Å². The Balaban J connectivity index is 1.82. The molecule has 224 valence electrons. The van der Waals surface area contributed by atoms with E-state index in [9.17, 15) is 18.0 Å². The van der Waals surface area contributed by atoms with Gasteiger partial charge in [-0.25, -0.2) is 8.42 Å². The minimum Gasteiger partial charge on any atom is -0.357 e. The standard InChI is InChI=1S/C31H27Cl4N3O4S/c1-36-31(40)28(18-21-9-4-2-5-10-21)37(19-22-15-16-24(32)26(34)17-22)29(39)20-38(27-14-8-13-25(33)30(27)35)43(41,42)23-11-6-3-7-12-23/h2-17,28H,18-20H2,1H3,(H,36,40). The van der Waals surface area contributed by atoms with Gasteiger partial charge in [0.25, 0.3) is 10.0 Å². The molecule has 2 amide bonds. The predicted octanol–water partition coefficient (Wildman–Crippen LogP) is 6.88. The first kappa shape index (κ1) is 32.6. The van der Waals surface area contributed by atoms with Gasteiger partial charge in [0.1, 0.15) is 12.6 Å². The van der Waals surface area contributed by atoms with Gasteiger partial charge in [-0.15, -0.1) is 0 Å². The third-order valence-electron chi connectivity index (χ3n) is 6.66. The number of nitrogens with one attached hydrogen (secondary N) is 1. The van der Waals surface area contributed by atoms with E-state index in [1.807, 2.05) is 30.3 Å². The van der Waals surface area contributed by atoms with E-state index in [0.717, 1.165) is 9.87 Å². The van der Waals surface area contributed by atoms with Crippen molar-refractivity contribution in [1.29, 1.82) is 0 Å². The Morgan fingerprint density at radius 1 is 0.767 bits per heavy atom. The Bertz CT molecular complexity index is 1710. The van der Waals surface area contributed by atoms with E-state index in [1.165, 1.54) is 42.3 Å². The lowest BCUT2D eigenvalue weighted by Crippen LogP contribution is -2.53. The first-order valence-electron chi connectivity index (χ1n) is 13.0. The van der Waals surface area contributed by atoms with Crippen molar-refractivity contribution in [2.75, 3.05) is 17.9 Å². The zero-order valence-corrected chi connectivity index (χ0v) is 26.7. The minimum atomic E-state index is -4.31. The number of nitrogens with zero attached hydrogens (tertiary/aromatic N) is 2. The third kappa shape index (κ3) is 7.82. The average Bonchev–Trinajstić information content (AvgIpc) is 3.01. The monoisotopic (exact) mass is 677 g/mol. The van der Waals surface area contributed by atoms with Crippen LogP contribution in [0.3, 0.4) is 0 Å². The molecular weight excluding hydrogens is 652 g/mol. The highest BCUT2D eigenvalue weighted by atomic mass is 35.5. The van der Waals surface area contributed by atoms with Crippen LogP contribution in [0.25, 0.3) is 0 Å². The molecule has 0 saturated carbocycles. The molecule has 0 aliphatic carbocycles. The average molecular weight is 679 g/mol. The maximum absolute atomic E-state index is 14.3. The number of hydrogen-bond acceptors (Lipinski definition) is 4. The largest absolute Gasteiger partial charge is 0.357 e. The molecule has 1 unspecified atom stereocenters. The van der Waals surface area contributed by atoms with Crippen molar-refractivity contribution in [2.24, 2.45) is 0 Å². The minimum absolute atomic E-state index is 0.0143. The summed E-state index contributed by atoms with van der Waals surface area (Å²) in [5.41, 5.74) is 1.40. The lowest BCUT2D eigenvalue weighted by Gasteiger charge is -2.34. The molecule has 4 aromatic rings. The molecule has 1 N–H and O–H groups in total. The van der Waals surface area contributed by atoms with Crippen LogP contribution in [0.4, 0.5) is 5.69 Å². The summed E-state index contributed by atoms with van der Waals surface area (Å²) in [5, 5.41) is 3.30. The lowest BCUT2D eigenvalue weighted by atomic mass is 10.0. The van der Waals surface area contributed by atoms with Crippen LogP contribution in [0.1, 0.15) is 11.1 Å². The van der Waals surface area contributed by atoms with Crippen molar-refractivity contribution in [3.63, 3.8) is 0 Å². The van der Waals surface area contributed by atoms with E-state index in [-0.39, 0.29) is 38.6 Å². The van der Waals surface area contributed by atoms with Gasteiger partial charge in [-0.2, -0.15) is 0 Å². The SMILES string of the molecule is CNC(=O)C(Cc1ccccc1)N(Cc1ccc(Cl)c(Cl)c1)C(=O)CN(c1cccc(Cl)c1Cl)S(=O)(=O)c1ccccc1. The quantitative estimate of drug-likeness (QED) is 0.187. The van der Waals surface area contributed by atoms with Gasteiger partial charge in [0.15, 0.2) is 0 Å². The molecular formula is C31H27Cl4N3O4S. The maximum atomic E-state index is 14.3. The Kier molecular flexibility index (Phi) is 11.0. The molecule has 43 heavy (non-hydrogen) atoms. The molecule has 0 heterocycles. The summed E-state index contributed by atoms with van der Waals surface area (Å²) >= 11 is 25.2. The molecule has 0 bridgehead atoms. The molecule has 0 aliphatic rings. The van der Waals surface area contributed by atoms with E-state index in [0.29, 0.717) is 10.6 Å². The number of rotatable bonds is 11. The summed E-state index contributed by atoms with van der Waals surface area (Å²) in [4.78, 5) is 28.9. The first-order valence-corrected chi connectivity index (χ1v) is 16.0. The second-order valence-electron chi connectivity index (χ2n) is 9.49. The van der Waals surface area contributed by atoms with Crippen molar-refractivity contribution in [2.45, 2.75) is 23.9 Å². The van der Waals surface area contributed by atoms with Gasteiger partial charge in [-0.1, -0.05) is 107 Å². The number of likely N-dealkylation sites (N-methyl/N-ethyl adjacent to an activating group) is 1. The van der Waals surface area contributed by atoms with Crippen molar-refractivity contribution < 1.29 is 18.0 Å². The third-order valence-corrected chi connectivity index (χ3v) is 9.99. The predicted molar refractivity (Wildman–Crippen MR) is 172 cm³/mol. The first-order chi connectivity index (χ1) is 20.5. The van der Waals surface area contributed by atoms with Crippen molar-refractivity contribution in [1.82, 2.24) is 10.2 Å². The Morgan fingerprint density at radius 3 is 2.05 bits per heavy atom. The maximum Gasteiger partial charge on any atom is 0.264 e. The van der Waals surface area contributed by atoms with Crippen LogP contribution in [0.5, 0.6) is 0 Å². The summed E-state index contributed by atoms with van der Waals surface area (Å²) in [6.07, 6.45) is 0.164. The number of hydrogen-bond donors (Lipinski definition) is 1. The van der Waals surface area contributed by atoms with E-state index in [1.54, 1.807) is 36.4 Å². The fourth-order valence-electron chi connectivity index (χ4n) is 4.47. The summed E-state index contributed by atoms with van der Waals surface area (Å²) in [5.74, 6) is -1.10. The number of amides is 2. The van der Waals surface area contributed by atoms with Crippen molar-refractivity contribution in [3.8, 4) is 0 Å². The number of sulfonamides is 1. The molecule has 0 spiro atoms. The Hall–Kier alpha value is -3.27. The van der Waals surface area contributed by atoms with Gasteiger partial charge in [0, 0.05) is 20.0 Å². The molecule has 0 fully saturated rings. The molecule has 4 aromatic carbocycles. The van der Waals surface area contributed by atoms with E-state index in [4.69, 9.17) is 46.4 Å². The molecule has 0 aliphatic heterocycles. The van der Waals surface area contributed by atoms with Gasteiger partial charge < -0.3 is 10.2 Å². The highest BCUT2D eigenvalue weighted by Crippen LogP contribution is 2.35. The smallest absolute Gasteiger partial charge is 0.264 e. The van der Waals surface area contributed by atoms with Crippen molar-refractivity contribution >= 4 is 73.9 Å². The second-order valence-corrected chi connectivity index (χ2v) is 12.9. The van der Waals surface area contributed by atoms with Crippen molar-refractivity contribution in [3.05, 3.63) is 128 Å². The molecule has 7 nitrogen and oxygen atoms in total. The summed E-state index contributed by atoms with van der Waals surface area (Å²) < 4.78 is 28.9. The van der Waals surface area contributed by atoms with Crippen LogP contribution in [0.2, 0.25) is 20.1 Å². The van der Waals surface area contributed by atoms with Gasteiger partial charge in [0.05, 0.1) is 30.7 Å². The molecule has 4 rings (SSSR count). The summed E-state index contributed by atoms with van der Waals surface area (Å²) in [6, 6.07) is 25.2. The zero-order chi connectivity index (χ0) is 31.1. The number of carbonyl (C=O) groups excluding carboxylic acids is 2. The Morgan fingerprint density at radius 2 is 1.42 bits per heavy atom. The van der Waals surface area contributed by atoms with E-state index in [2.05, 4.69) is 5.32 Å². The van der Waals surface area contributed by atoms with Crippen LogP contribution in [-0.2, 0) is 32.6 Å². The zero-order valence-electron chi connectivity index (χ0n) is 22.9. The van der Waals surface area contributed by atoms with Crippen LogP contribution < -0.4 is 9.62 Å². The van der Waals surface area contributed by atoms with Crippen LogP contribution in [-0.4, -0.2) is 44.8 Å². The Labute approximate surface area is 271 Å².